The molecule has 2 nitrogen and oxygen atoms in total. The Labute approximate surface area is 424 Å². The maximum atomic E-state index is 9.95. The lowest BCUT2D eigenvalue weighted by Gasteiger charge is -2.35. The zero-order valence-corrected chi connectivity index (χ0v) is 44.6. The maximum Gasteiger partial charge on any atom is 0.0689 e. The first kappa shape index (κ1) is 55.8. The summed E-state index contributed by atoms with van der Waals surface area (Å²) in [6.45, 7) is 9.08. The third-order valence-electron chi connectivity index (χ3n) is 16.6. The van der Waals surface area contributed by atoms with Gasteiger partial charge in [0.1, 0.15) is 0 Å². The number of aryl methyl sites for hydroxylation is 2. The molecule has 0 spiro atoms. The Hall–Kier alpha value is -4.14. The van der Waals surface area contributed by atoms with Crippen LogP contribution in [0.3, 0.4) is 0 Å². The molecule has 0 aliphatic heterocycles. The number of hydrogen-bond donors (Lipinski definition) is 0. The summed E-state index contributed by atoms with van der Waals surface area (Å²) < 4.78 is 0. The van der Waals surface area contributed by atoms with Crippen molar-refractivity contribution < 1.29 is 0 Å². The minimum absolute atomic E-state index is 0.0561. The molecule has 69 heavy (non-hydrogen) atoms. The lowest BCUT2D eigenvalue weighted by Crippen LogP contribution is -2.25. The Morgan fingerprint density at radius 3 is 0.913 bits per heavy atom. The predicted molar refractivity (Wildman–Crippen MR) is 299 cm³/mol. The zero-order valence-electron chi connectivity index (χ0n) is 44.6. The lowest BCUT2D eigenvalue weighted by atomic mass is 9.67. The molecule has 374 valence electrons. The molecule has 2 fully saturated rings. The second-order valence-corrected chi connectivity index (χ2v) is 22.0. The zero-order chi connectivity index (χ0) is 48.8. The van der Waals surface area contributed by atoms with Gasteiger partial charge < -0.3 is 0 Å². The molecule has 0 radical (unpaired) electrons. The molecule has 0 unspecified atom stereocenters. The molecule has 0 N–H and O–H groups in total. The summed E-state index contributed by atoms with van der Waals surface area (Å²) in [7, 11) is 0. The van der Waals surface area contributed by atoms with Gasteiger partial charge in [0.15, 0.2) is 0 Å². The quantitative estimate of drug-likeness (QED) is 0.0509. The van der Waals surface area contributed by atoms with Gasteiger partial charge in [-0.25, -0.2) is 0 Å². The van der Waals surface area contributed by atoms with Crippen LogP contribution >= 0.6 is 0 Å². The van der Waals surface area contributed by atoms with Gasteiger partial charge in [0, 0.05) is 0 Å². The van der Waals surface area contributed by atoms with E-state index in [-0.39, 0.29) is 10.8 Å². The third-order valence-corrected chi connectivity index (χ3v) is 16.6. The molecule has 4 aromatic carbocycles. The van der Waals surface area contributed by atoms with Gasteiger partial charge in [0.2, 0.25) is 0 Å². The van der Waals surface area contributed by atoms with Crippen LogP contribution < -0.4 is 0 Å². The molecule has 0 saturated heterocycles. The summed E-state index contributed by atoms with van der Waals surface area (Å²) in [6, 6.07) is 42.5. The molecule has 2 heteroatoms. The van der Waals surface area contributed by atoms with Gasteiger partial charge in [-0.2, -0.15) is 10.5 Å². The standard InChI is InChI=1S/C34H49N.C33H47N/c1-3-5-7-9-11-13-25-34(28-35)26-23-33(24-27-34)32-21-19-31(20-22-32)30-17-15-29(16-18-30)14-12-10-8-6-4-2;1-3-5-7-9-10-12-24-33(27-34)25-22-32(23-26-33)31-20-18-30(19-21-31)29-16-14-28(15-17-29)13-11-8-6-4-2/h15-22,33H,3-14,23-27H2,1-2H3;14-21,32H,3-13,22-26H2,1-2H3. The van der Waals surface area contributed by atoms with Crippen molar-refractivity contribution in [1.82, 2.24) is 0 Å². The highest BCUT2D eigenvalue weighted by atomic mass is 14.4. The van der Waals surface area contributed by atoms with Gasteiger partial charge in [-0.15, -0.1) is 0 Å². The fourth-order valence-electron chi connectivity index (χ4n) is 11.6. The maximum absolute atomic E-state index is 9.95. The fraction of sp³-hybridized carbons (Fsp3) is 0.612. The van der Waals surface area contributed by atoms with Crippen LogP contribution in [0.5, 0.6) is 0 Å². The third kappa shape index (κ3) is 19.2. The van der Waals surface area contributed by atoms with Crippen LogP contribution in [0.25, 0.3) is 22.3 Å². The van der Waals surface area contributed by atoms with Gasteiger partial charge in [-0.3, -0.25) is 0 Å². The van der Waals surface area contributed by atoms with Crippen LogP contribution in [-0.4, -0.2) is 0 Å². The minimum atomic E-state index is -0.0566. The second-order valence-electron chi connectivity index (χ2n) is 22.0. The summed E-state index contributed by atoms with van der Waals surface area (Å²) in [4.78, 5) is 0. The highest BCUT2D eigenvalue weighted by Crippen LogP contribution is 2.47. The highest BCUT2D eigenvalue weighted by molar-refractivity contribution is 5.65. The van der Waals surface area contributed by atoms with Crippen molar-refractivity contribution in [2.45, 2.75) is 251 Å². The second kappa shape index (κ2) is 32.0. The van der Waals surface area contributed by atoms with Gasteiger partial charge in [-0.1, -0.05) is 247 Å². The van der Waals surface area contributed by atoms with Gasteiger partial charge in [0.25, 0.3) is 0 Å². The number of rotatable bonds is 29. The van der Waals surface area contributed by atoms with E-state index < -0.39 is 0 Å². The first-order chi connectivity index (χ1) is 33.9. The van der Waals surface area contributed by atoms with Crippen molar-refractivity contribution in [3.8, 4) is 34.4 Å². The summed E-state index contributed by atoms with van der Waals surface area (Å²) in [5.74, 6) is 1.23. The molecule has 2 aliphatic carbocycles. The molecule has 0 atom stereocenters. The lowest BCUT2D eigenvalue weighted by molar-refractivity contribution is 0.222. The molecule has 4 aromatic rings. The first-order valence-electron chi connectivity index (χ1n) is 29.1. The molecular weight excluding hydrogens is 833 g/mol. The topological polar surface area (TPSA) is 47.6 Å². The van der Waals surface area contributed by atoms with Crippen molar-refractivity contribution >= 4 is 0 Å². The van der Waals surface area contributed by atoms with Crippen molar-refractivity contribution in [2.24, 2.45) is 10.8 Å². The average Bonchev–Trinajstić information content (AvgIpc) is 3.40. The minimum Gasteiger partial charge on any atom is -0.198 e. The van der Waals surface area contributed by atoms with Crippen LogP contribution in [0, 0.1) is 33.5 Å². The monoisotopic (exact) mass is 929 g/mol. The van der Waals surface area contributed by atoms with E-state index in [0.717, 1.165) is 64.2 Å². The molecule has 0 bridgehead atoms. The Balaban J connectivity index is 0.000000258. The van der Waals surface area contributed by atoms with Crippen molar-refractivity contribution in [3.05, 3.63) is 119 Å². The highest BCUT2D eigenvalue weighted by Gasteiger charge is 2.36. The van der Waals surface area contributed by atoms with E-state index in [0.29, 0.717) is 11.8 Å². The van der Waals surface area contributed by atoms with Crippen LogP contribution in [0.2, 0.25) is 0 Å². The molecule has 2 aliphatic rings. The molecule has 0 heterocycles. The van der Waals surface area contributed by atoms with Crippen LogP contribution in [0.1, 0.15) is 261 Å². The van der Waals surface area contributed by atoms with Crippen LogP contribution in [-0.2, 0) is 12.8 Å². The van der Waals surface area contributed by atoms with Crippen molar-refractivity contribution in [3.63, 3.8) is 0 Å². The normalized spacial score (nSPS) is 20.1. The average molecular weight is 930 g/mol. The van der Waals surface area contributed by atoms with E-state index in [1.54, 1.807) is 0 Å². The molecule has 0 aromatic heterocycles. The van der Waals surface area contributed by atoms with Gasteiger partial charge >= 0.3 is 0 Å². The van der Waals surface area contributed by atoms with E-state index in [1.165, 1.54) is 192 Å². The Kier molecular flexibility index (Phi) is 25.8. The smallest absolute Gasteiger partial charge is 0.0689 e. The van der Waals surface area contributed by atoms with Crippen molar-refractivity contribution in [1.29, 1.82) is 10.5 Å². The number of nitrogens with zero attached hydrogens (tertiary/aromatic N) is 2. The van der Waals surface area contributed by atoms with Gasteiger partial charge in [-0.05, 0) is 146 Å². The van der Waals surface area contributed by atoms with E-state index in [9.17, 15) is 10.5 Å². The van der Waals surface area contributed by atoms with E-state index in [1.807, 2.05) is 0 Å². The number of hydrogen-bond acceptors (Lipinski definition) is 2. The van der Waals surface area contributed by atoms with Crippen LogP contribution in [0.4, 0.5) is 0 Å². The predicted octanol–water partition coefficient (Wildman–Crippen LogP) is 21.2. The fourth-order valence-corrected chi connectivity index (χ4v) is 11.6. The van der Waals surface area contributed by atoms with E-state index in [2.05, 4.69) is 137 Å². The summed E-state index contributed by atoms with van der Waals surface area (Å²) in [5, 5.41) is 19.9. The summed E-state index contributed by atoms with van der Waals surface area (Å²) in [5.41, 5.74) is 11.0. The number of nitriles is 2. The number of unbranched alkanes of at least 4 members (excludes halogenated alkanes) is 17. The summed E-state index contributed by atoms with van der Waals surface area (Å²) >= 11 is 0. The number of benzene rings is 4. The van der Waals surface area contributed by atoms with Crippen molar-refractivity contribution in [2.75, 3.05) is 0 Å². The van der Waals surface area contributed by atoms with Gasteiger partial charge in [0.05, 0.1) is 23.0 Å². The summed E-state index contributed by atoms with van der Waals surface area (Å²) in [6.07, 6.45) is 41.3. The SMILES string of the molecule is CCCCCCCCC1(C#N)CCC(c2ccc(-c3ccc(CCCCCC)cc3)cc2)CC1.CCCCCCCCC1(C#N)CCC(c2ccc(-c3ccc(CCCCCCC)cc3)cc2)CC1. The first-order valence-corrected chi connectivity index (χ1v) is 29.1. The van der Waals surface area contributed by atoms with E-state index >= 15 is 0 Å². The Bertz CT molecular complexity index is 2010. The molecule has 6 rings (SSSR count). The Morgan fingerprint density at radius 1 is 0.348 bits per heavy atom. The largest absolute Gasteiger partial charge is 0.198 e. The Morgan fingerprint density at radius 2 is 0.609 bits per heavy atom. The van der Waals surface area contributed by atoms with Crippen LogP contribution in [0.15, 0.2) is 97.1 Å². The van der Waals surface area contributed by atoms with E-state index in [4.69, 9.17) is 0 Å². The molecule has 0 amide bonds. The molecular formula is C67H96N2. The molecule has 2 saturated carbocycles.